The molecule has 0 atom stereocenters. The van der Waals surface area contributed by atoms with E-state index >= 15 is 0 Å². The van der Waals surface area contributed by atoms with Crippen LogP contribution in [0.3, 0.4) is 0 Å². The number of nitrogens with one attached hydrogen (secondary N) is 1. The van der Waals surface area contributed by atoms with Crippen molar-refractivity contribution >= 4 is 9.84 Å². The first-order valence-corrected chi connectivity index (χ1v) is 9.19. The molecule has 3 nitrogen and oxygen atoms in total. The highest BCUT2D eigenvalue weighted by Crippen LogP contribution is 2.22. The van der Waals surface area contributed by atoms with Crippen molar-refractivity contribution in [1.82, 2.24) is 5.32 Å². The predicted octanol–water partition coefficient (Wildman–Crippen LogP) is 3.65. The van der Waals surface area contributed by atoms with E-state index in [0.29, 0.717) is 4.90 Å². The average molecular weight is 317 g/mol. The summed E-state index contributed by atoms with van der Waals surface area (Å²) in [5.41, 5.74) is 3.42. The molecule has 0 aromatic heterocycles. The Labute approximate surface area is 133 Å². The molecular formula is C18H23NO2S. The van der Waals surface area contributed by atoms with E-state index in [1.807, 2.05) is 12.1 Å². The van der Waals surface area contributed by atoms with Crippen LogP contribution in [0.15, 0.2) is 53.4 Å². The van der Waals surface area contributed by atoms with E-state index in [4.69, 9.17) is 0 Å². The summed E-state index contributed by atoms with van der Waals surface area (Å²) >= 11 is 0. The third kappa shape index (κ3) is 4.68. The summed E-state index contributed by atoms with van der Waals surface area (Å²) < 4.78 is 22.9. The molecule has 0 aliphatic rings. The van der Waals surface area contributed by atoms with Gasteiger partial charge in [-0.15, -0.1) is 0 Å². The maximum atomic E-state index is 11.5. The van der Waals surface area contributed by atoms with Gasteiger partial charge in [-0.1, -0.05) is 36.4 Å². The monoisotopic (exact) mass is 317 g/mol. The molecule has 2 aromatic carbocycles. The van der Waals surface area contributed by atoms with Gasteiger partial charge in [0, 0.05) is 18.3 Å². The number of hydrogen-bond acceptors (Lipinski definition) is 3. The number of hydrogen-bond donors (Lipinski definition) is 1. The van der Waals surface area contributed by atoms with E-state index < -0.39 is 9.84 Å². The minimum atomic E-state index is -3.14. The fourth-order valence-corrected chi connectivity index (χ4v) is 2.71. The van der Waals surface area contributed by atoms with Crippen molar-refractivity contribution in [3.05, 3.63) is 54.1 Å². The lowest BCUT2D eigenvalue weighted by atomic mass is 10.0. The van der Waals surface area contributed by atoms with E-state index in [0.717, 1.165) is 17.7 Å². The molecule has 0 fully saturated rings. The Morgan fingerprint density at radius 2 is 1.32 bits per heavy atom. The second kappa shape index (κ2) is 6.23. The van der Waals surface area contributed by atoms with Crippen molar-refractivity contribution in [2.75, 3.05) is 6.26 Å². The Balaban J connectivity index is 2.13. The van der Waals surface area contributed by atoms with Crippen LogP contribution >= 0.6 is 0 Å². The highest BCUT2D eigenvalue weighted by atomic mass is 32.2. The van der Waals surface area contributed by atoms with E-state index in [9.17, 15) is 8.42 Å². The van der Waals surface area contributed by atoms with Gasteiger partial charge in [0.25, 0.3) is 0 Å². The Kier molecular flexibility index (Phi) is 4.73. The third-order valence-corrected chi connectivity index (χ3v) is 4.52. The van der Waals surface area contributed by atoms with Gasteiger partial charge in [-0.05, 0) is 49.6 Å². The first kappa shape index (κ1) is 16.7. The first-order chi connectivity index (χ1) is 10.1. The molecular weight excluding hydrogens is 294 g/mol. The van der Waals surface area contributed by atoms with E-state index in [-0.39, 0.29) is 5.54 Å². The van der Waals surface area contributed by atoms with Crippen LogP contribution in [0.4, 0.5) is 0 Å². The van der Waals surface area contributed by atoms with Gasteiger partial charge in [0.05, 0.1) is 4.90 Å². The SMILES string of the molecule is CC(C)(C)NCc1ccc(-c2ccc(S(C)(=O)=O)cc2)cc1. The number of rotatable bonds is 4. The zero-order valence-electron chi connectivity index (χ0n) is 13.6. The standard InChI is InChI=1S/C18H23NO2S/c1-18(2,3)19-13-14-5-7-15(8-6-14)16-9-11-17(12-10-16)22(4,20)21/h5-12,19H,13H2,1-4H3. The molecule has 0 bridgehead atoms. The Hall–Kier alpha value is -1.65. The van der Waals surface area contributed by atoms with Crippen molar-refractivity contribution in [2.24, 2.45) is 0 Å². The van der Waals surface area contributed by atoms with Crippen molar-refractivity contribution in [3.8, 4) is 11.1 Å². The van der Waals surface area contributed by atoms with Gasteiger partial charge < -0.3 is 5.32 Å². The topological polar surface area (TPSA) is 46.2 Å². The van der Waals surface area contributed by atoms with Crippen molar-refractivity contribution in [2.45, 2.75) is 37.8 Å². The lowest BCUT2D eigenvalue weighted by Crippen LogP contribution is -2.35. The summed E-state index contributed by atoms with van der Waals surface area (Å²) in [5.74, 6) is 0. The van der Waals surface area contributed by atoms with Crippen LogP contribution in [-0.2, 0) is 16.4 Å². The molecule has 0 unspecified atom stereocenters. The molecule has 1 N–H and O–H groups in total. The van der Waals surface area contributed by atoms with Crippen LogP contribution in [0.2, 0.25) is 0 Å². The fourth-order valence-electron chi connectivity index (χ4n) is 2.08. The largest absolute Gasteiger partial charge is 0.308 e. The maximum absolute atomic E-state index is 11.5. The molecule has 118 valence electrons. The summed E-state index contributed by atoms with van der Waals surface area (Å²) in [7, 11) is -3.14. The Morgan fingerprint density at radius 3 is 1.73 bits per heavy atom. The lowest BCUT2D eigenvalue weighted by Gasteiger charge is -2.20. The molecule has 0 amide bonds. The fraction of sp³-hybridized carbons (Fsp3) is 0.333. The Bertz CT molecular complexity index is 724. The van der Waals surface area contributed by atoms with E-state index in [2.05, 4.69) is 50.4 Å². The Morgan fingerprint density at radius 1 is 0.864 bits per heavy atom. The van der Waals surface area contributed by atoms with Crippen LogP contribution < -0.4 is 5.32 Å². The zero-order chi connectivity index (χ0) is 16.4. The van der Waals surface area contributed by atoms with Crippen LogP contribution in [-0.4, -0.2) is 20.2 Å². The molecule has 0 heterocycles. The summed E-state index contributed by atoms with van der Waals surface area (Å²) in [5, 5.41) is 3.45. The van der Waals surface area contributed by atoms with Crippen molar-refractivity contribution in [3.63, 3.8) is 0 Å². The zero-order valence-corrected chi connectivity index (χ0v) is 14.4. The molecule has 2 rings (SSSR count). The molecule has 4 heteroatoms. The van der Waals surface area contributed by atoms with Crippen molar-refractivity contribution in [1.29, 1.82) is 0 Å². The summed E-state index contributed by atoms with van der Waals surface area (Å²) in [4.78, 5) is 0.349. The summed E-state index contributed by atoms with van der Waals surface area (Å²) in [6.07, 6.45) is 1.22. The maximum Gasteiger partial charge on any atom is 0.175 e. The van der Waals surface area contributed by atoms with E-state index in [1.54, 1.807) is 12.1 Å². The quantitative estimate of drug-likeness (QED) is 0.936. The highest BCUT2D eigenvalue weighted by Gasteiger charge is 2.09. The molecule has 2 aromatic rings. The third-order valence-electron chi connectivity index (χ3n) is 3.39. The van der Waals surface area contributed by atoms with Gasteiger partial charge in [0.1, 0.15) is 0 Å². The normalized spacial score (nSPS) is 12.4. The molecule has 0 radical (unpaired) electrons. The molecule has 0 saturated heterocycles. The van der Waals surface area contributed by atoms with Crippen molar-refractivity contribution < 1.29 is 8.42 Å². The van der Waals surface area contributed by atoms with Gasteiger partial charge in [0.2, 0.25) is 0 Å². The lowest BCUT2D eigenvalue weighted by molar-refractivity contribution is 0.424. The second-order valence-corrected chi connectivity index (χ2v) is 8.61. The smallest absolute Gasteiger partial charge is 0.175 e. The average Bonchev–Trinajstić information content (AvgIpc) is 2.44. The predicted molar refractivity (Wildman–Crippen MR) is 91.6 cm³/mol. The van der Waals surface area contributed by atoms with Gasteiger partial charge in [0.15, 0.2) is 9.84 Å². The summed E-state index contributed by atoms with van der Waals surface area (Å²) in [6, 6.07) is 15.3. The molecule has 0 aliphatic carbocycles. The van der Waals surface area contributed by atoms with Gasteiger partial charge in [-0.2, -0.15) is 0 Å². The molecule has 0 aliphatic heterocycles. The molecule has 22 heavy (non-hydrogen) atoms. The van der Waals surface area contributed by atoms with E-state index in [1.165, 1.54) is 11.8 Å². The number of sulfone groups is 1. The van der Waals surface area contributed by atoms with Gasteiger partial charge in [-0.3, -0.25) is 0 Å². The second-order valence-electron chi connectivity index (χ2n) is 6.60. The van der Waals surface area contributed by atoms with Crippen LogP contribution in [0.5, 0.6) is 0 Å². The van der Waals surface area contributed by atoms with Crippen LogP contribution in [0.25, 0.3) is 11.1 Å². The summed E-state index contributed by atoms with van der Waals surface area (Å²) in [6.45, 7) is 7.26. The first-order valence-electron chi connectivity index (χ1n) is 7.30. The van der Waals surface area contributed by atoms with Crippen LogP contribution in [0.1, 0.15) is 26.3 Å². The highest BCUT2D eigenvalue weighted by molar-refractivity contribution is 7.90. The minimum absolute atomic E-state index is 0.0974. The molecule has 0 saturated carbocycles. The van der Waals surface area contributed by atoms with Crippen LogP contribution in [0, 0.1) is 0 Å². The van der Waals surface area contributed by atoms with Gasteiger partial charge >= 0.3 is 0 Å². The number of benzene rings is 2. The minimum Gasteiger partial charge on any atom is -0.308 e. The molecule has 0 spiro atoms. The van der Waals surface area contributed by atoms with Gasteiger partial charge in [-0.25, -0.2) is 8.42 Å².